The highest BCUT2D eigenvalue weighted by Gasteiger charge is 2.22. The van der Waals surface area contributed by atoms with Gasteiger partial charge < -0.3 is 10.4 Å². The van der Waals surface area contributed by atoms with Crippen LogP contribution in [0.1, 0.15) is 27.7 Å². The van der Waals surface area contributed by atoms with E-state index in [-0.39, 0.29) is 5.91 Å². The summed E-state index contributed by atoms with van der Waals surface area (Å²) in [5.41, 5.74) is 3.67. The molecule has 1 aromatic heterocycles. The number of fused-ring (bicyclic) bond motifs is 3. The van der Waals surface area contributed by atoms with Crippen LogP contribution in [0, 0.1) is 0 Å². The predicted molar refractivity (Wildman–Crippen MR) is 81.7 cm³/mol. The monoisotopic (exact) mass is 301 g/mol. The van der Waals surface area contributed by atoms with Crippen LogP contribution in [0.5, 0.6) is 0 Å². The maximum Gasteiger partial charge on any atom is 0.325 e. The quantitative estimate of drug-likeness (QED) is 0.916. The van der Waals surface area contributed by atoms with Crippen LogP contribution in [0.4, 0.5) is 0 Å². The zero-order chi connectivity index (χ0) is 15.0. The maximum atomic E-state index is 12.1. The molecular weight excluding hydrogens is 286 g/mol. The summed E-state index contributed by atoms with van der Waals surface area (Å²) in [5, 5.41) is 11.4. The SMILES string of the molecule is CC(NC(=O)c1cc2c(s1)-c1ccccc1CC2)C(=O)O. The van der Waals surface area contributed by atoms with Crippen LogP contribution in [0.25, 0.3) is 10.4 Å². The lowest BCUT2D eigenvalue weighted by Crippen LogP contribution is -2.37. The molecule has 2 N–H and O–H groups in total. The fourth-order valence-corrected chi connectivity index (χ4v) is 3.69. The molecule has 0 saturated heterocycles. The smallest absolute Gasteiger partial charge is 0.325 e. The van der Waals surface area contributed by atoms with E-state index in [0.29, 0.717) is 4.88 Å². The lowest BCUT2D eigenvalue weighted by Gasteiger charge is -2.15. The second-order valence-corrected chi connectivity index (χ2v) is 6.21. The molecule has 0 fully saturated rings. The molecule has 4 nitrogen and oxygen atoms in total. The summed E-state index contributed by atoms with van der Waals surface area (Å²) in [4.78, 5) is 24.6. The summed E-state index contributed by atoms with van der Waals surface area (Å²) >= 11 is 1.43. The number of carboxylic acid groups (broad SMARTS) is 1. The third-order valence-electron chi connectivity index (χ3n) is 3.68. The number of aliphatic carboxylic acids is 1. The van der Waals surface area contributed by atoms with Gasteiger partial charge in [0.1, 0.15) is 6.04 Å². The first kappa shape index (κ1) is 13.8. The highest BCUT2D eigenvalue weighted by molar-refractivity contribution is 7.17. The van der Waals surface area contributed by atoms with Crippen molar-refractivity contribution in [1.82, 2.24) is 5.32 Å². The van der Waals surface area contributed by atoms with Gasteiger partial charge in [-0.25, -0.2) is 0 Å². The Morgan fingerprint density at radius 3 is 2.71 bits per heavy atom. The number of carboxylic acids is 1. The molecule has 0 bridgehead atoms. The molecule has 0 spiro atoms. The Bertz CT molecular complexity index is 720. The molecule has 1 aliphatic carbocycles. The third kappa shape index (κ3) is 2.56. The molecule has 0 saturated carbocycles. The summed E-state index contributed by atoms with van der Waals surface area (Å²) in [6.07, 6.45) is 1.90. The normalized spacial score (nSPS) is 14.0. The molecule has 0 radical (unpaired) electrons. The van der Waals surface area contributed by atoms with Gasteiger partial charge in [0.15, 0.2) is 0 Å². The van der Waals surface area contributed by atoms with Gasteiger partial charge in [0.25, 0.3) is 5.91 Å². The molecule has 3 rings (SSSR count). The van der Waals surface area contributed by atoms with Gasteiger partial charge in [-0.2, -0.15) is 0 Å². The average molecular weight is 301 g/mol. The van der Waals surface area contributed by atoms with E-state index in [0.717, 1.165) is 17.7 Å². The summed E-state index contributed by atoms with van der Waals surface area (Å²) < 4.78 is 0. The van der Waals surface area contributed by atoms with Crippen molar-refractivity contribution in [1.29, 1.82) is 0 Å². The second-order valence-electron chi connectivity index (χ2n) is 5.16. The van der Waals surface area contributed by atoms with Crippen molar-refractivity contribution < 1.29 is 14.7 Å². The van der Waals surface area contributed by atoms with Crippen molar-refractivity contribution in [3.63, 3.8) is 0 Å². The van der Waals surface area contributed by atoms with Crippen molar-refractivity contribution in [3.8, 4) is 10.4 Å². The summed E-state index contributed by atoms with van der Waals surface area (Å²) in [5.74, 6) is -1.35. The molecule has 1 atom stereocenters. The molecule has 2 aromatic rings. The van der Waals surface area contributed by atoms with Gasteiger partial charge in [-0.05, 0) is 42.5 Å². The van der Waals surface area contributed by atoms with Crippen molar-refractivity contribution in [3.05, 3.63) is 46.3 Å². The summed E-state index contributed by atoms with van der Waals surface area (Å²) in [6, 6.07) is 9.22. The third-order valence-corrected chi connectivity index (χ3v) is 4.89. The molecule has 1 unspecified atom stereocenters. The van der Waals surface area contributed by atoms with Crippen molar-refractivity contribution in [2.45, 2.75) is 25.8 Å². The van der Waals surface area contributed by atoms with E-state index < -0.39 is 12.0 Å². The summed E-state index contributed by atoms with van der Waals surface area (Å²) in [6.45, 7) is 1.46. The lowest BCUT2D eigenvalue weighted by molar-refractivity contribution is -0.138. The first-order valence-electron chi connectivity index (χ1n) is 6.81. The van der Waals surface area contributed by atoms with Gasteiger partial charge in [-0.1, -0.05) is 24.3 Å². The Kier molecular flexibility index (Phi) is 3.51. The molecule has 108 valence electrons. The maximum absolute atomic E-state index is 12.1. The van der Waals surface area contributed by atoms with E-state index in [9.17, 15) is 9.59 Å². The van der Waals surface area contributed by atoms with E-state index >= 15 is 0 Å². The molecule has 5 heteroatoms. The zero-order valence-corrected chi connectivity index (χ0v) is 12.4. The fraction of sp³-hybridized carbons (Fsp3) is 0.250. The minimum absolute atomic E-state index is 0.318. The van der Waals surface area contributed by atoms with E-state index in [2.05, 4.69) is 17.4 Å². The van der Waals surface area contributed by atoms with E-state index in [4.69, 9.17) is 5.11 Å². The number of amides is 1. The fourth-order valence-electron chi connectivity index (χ4n) is 2.51. The Morgan fingerprint density at radius 2 is 1.95 bits per heavy atom. The molecule has 1 amide bonds. The van der Waals surface area contributed by atoms with Crippen LogP contribution < -0.4 is 5.32 Å². The van der Waals surface area contributed by atoms with Crippen molar-refractivity contribution in [2.24, 2.45) is 0 Å². The minimum atomic E-state index is -1.03. The second kappa shape index (κ2) is 5.33. The van der Waals surface area contributed by atoms with E-state index in [1.165, 1.54) is 35.0 Å². The van der Waals surface area contributed by atoms with E-state index in [1.807, 2.05) is 18.2 Å². The number of aryl methyl sites for hydroxylation is 2. The highest BCUT2D eigenvalue weighted by atomic mass is 32.1. The van der Waals surface area contributed by atoms with Gasteiger partial charge in [-0.15, -0.1) is 11.3 Å². The first-order valence-corrected chi connectivity index (χ1v) is 7.62. The topological polar surface area (TPSA) is 66.4 Å². The highest BCUT2D eigenvalue weighted by Crippen LogP contribution is 2.39. The molecule has 1 heterocycles. The van der Waals surface area contributed by atoms with Gasteiger partial charge in [0.05, 0.1) is 4.88 Å². The van der Waals surface area contributed by atoms with Gasteiger partial charge in [0, 0.05) is 4.88 Å². The number of thiophene rings is 1. The van der Waals surface area contributed by atoms with Crippen molar-refractivity contribution >= 4 is 23.2 Å². The van der Waals surface area contributed by atoms with E-state index in [1.54, 1.807) is 0 Å². The molecule has 0 aliphatic heterocycles. The first-order chi connectivity index (χ1) is 10.1. The number of hydrogen-bond donors (Lipinski definition) is 2. The number of nitrogens with one attached hydrogen (secondary N) is 1. The van der Waals surface area contributed by atoms with Crippen LogP contribution >= 0.6 is 11.3 Å². The number of carbonyl (C=O) groups excluding carboxylic acids is 1. The Morgan fingerprint density at radius 1 is 1.24 bits per heavy atom. The van der Waals surface area contributed by atoms with Gasteiger partial charge >= 0.3 is 5.97 Å². The minimum Gasteiger partial charge on any atom is -0.480 e. The Labute approximate surface area is 126 Å². The number of carbonyl (C=O) groups is 2. The van der Waals surface area contributed by atoms with Crippen molar-refractivity contribution in [2.75, 3.05) is 0 Å². The number of benzene rings is 1. The Hall–Kier alpha value is -2.14. The molecule has 1 aromatic carbocycles. The van der Waals surface area contributed by atoms with Crippen LogP contribution in [-0.4, -0.2) is 23.0 Å². The molecule has 1 aliphatic rings. The standard InChI is InChI=1S/C16H15NO3S/c1-9(16(19)20)17-15(18)13-8-11-7-6-10-4-2-3-5-12(10)14(11)21-13/h2-5,8-9H,6-7H2,1H3,(H,17,18)(H,19,20). The van der Waals surface area contributed by atoms with Gasteiger partial charge in [0.2, 0.25) is 0 Å². The number of rotatable bonds is 3. The molecular formula is C16H15NO3S. The van der Waals surface area contributed by atoms with Crippen LogP contribution in [0.3, 0.4) is 0 Å². The Balaban J connectivity index is 1.90. The predicted octanol–water partition coefficient (Wildman–Crippen LogP) is 2.72. The van der Waals surface area contributed by atoms with Crippen LogP contribution in [0.2, 0.25) is 0 Å². The average Bonchev–Trinajstić information content (AvgIpc) is 2.91. The van der Waals surface area contributed by atoms with Crippen LogP contribution in [0.15, 0.2) is 30.3 Å². The zero-order valence-electron chi connectivity index (χ0n) is 11.6. The lowest BCUT2D eigenvalue weighted by atomic mass is 9.91. The van der Waals surface area contributed by atoms with Crippen LogP contribution in [-0.2, 0) is 17.6 Å². The molecule has 21 heavy (non-hydrogen) atoms. The summed E-state index contributed by atoms with van der Waals surface area (Å²) in [7, 11) is 0. The van der Waals surface area contributed by atoms with Gasteiger partial charge in [-0.3, -0.25) is 9.59 Å². The number of hydrogen-bond acceptors (Lipinski definition) is 3. The largest absolute Gasteiger partial charge is 0.480 e.